The SMILES string of the molecule is Cc1ccc([C@@H](C(=O)Nc2c(C)n(C)n(-c3ccccc3)c2=O)N(Cc2ccco2)C(=O)Cc2c[nH]c3ccccc23)cc1. The number of fused-ring (bicyclic) bond motifs is 1. The molecule has 9 heteroatoms. The smallest absolute Gasteiger partial charge is 0.295 e. The van der Waals surface area contributed by atoms with Crippen LogP contribution in [0.15, 0.2) is 113 Å². The minimum Gasteiger partial charge on any atom is -0.467 e. The summed E-state index contributed by atoms with van der Waals surface area (Å²) in [5.41, 5.74) is 4.42. The number of carbonyl (C=O) groups is 2. The highest BCUT2D eigenvalue weighted by atomic mass is 16.3. The van der Waals surface area contributed by atoms with Crippen LogP contribution in [0.4, 0.5) is 5.69 Å². The van der Waals surface area contributed by atoms with E-state index in [1.165, 1.54) is 15.8 Å². The van der Waals surface area contributed by atoms with Crippen molar-refractivity contribution in [2.75, 3.05) is 5.32 Å². The van der Waals surface area contributed by atoms with Gasteiger partial charge in [-0.1, -0.05) is 66.2 Å². The maximum Gasteiger partial charge on any atom is 0.295 e. The number of rotatable bonds is 9. The molecule has 0 saturated heterocycles. The van der Waals surface area contributed by atoms with Crippen LogP contribution in [0, 0.1) is 13.8 Å². The standard InChI is InChI=1S/C35H33N5O4/c1-23-15-17-25(18-16-23)33(34(42)37-32-24(2)38(3)40(35(32)43)27-10-5-4-6-11-27)39(22-28-12-9-19-44-28)31(41)20-26-21-36-30-14-8-7-13-29(26)30/h4-19,21,33,36H,20,22H2,1-3H3,(H,37,42)/t33-/m0/s1. The zero-order chi connectivity index (χ0) is 30.8. The molecule has 2 N–H and O–H groups in total. The van der Waals surface area contributed by atoms with Crippen LogP contribution in [-0.2, 0) is 29.6 Å². The third-order valence-corrected chi connectivity index (χ3v) is 8.00. The molecule has 3 aromatic heterocycles. The van der Waals surface area contributed by atoms with Gasteiger partial charge in [0.2, 0.25) is 5.91 Å². The molecule has 2 amide bonds. The molecule has 6 aromatic rings. The second-order valence-corrected chi connectivity index (χ2v) is 10.9. The zero-order valence-electron chi connectivity index (χ0n) is 24.8. The highest BCUT2D eigenvalue weighted by Crippen LogP contribution is 2.28. The molecule has 1 atom stereocenters. The lowest BCUT2D eigenvalue weighted by atomic mass is 10.0. The Bertz CT molecular complexity index is 1980. The van der Waals surface area contributed by atoms with Crippen molar-refractivity contribution < 1.29 is 14.0 Å². The summed E-state index contributed by atoms with van der Waals surface area (Å²) in [7, 11) is 1.77. The number of benzene rings is 3. The molecule has 9 nitrogen and oxygen atoms in total. The van der Waals surface area contributed by atoms with Crippen molar-refractivity contribution in [2.24, 2.45) is 7.05 Å². The molecule has 44 heavy (non-hydrogen) atoms. The molecule has 0 fully saturated rings. The first-order valence-electron chi connectivity index (χ1n) is 14.4. The summed E-state index contributed by atoms with van der Waals surface area (Å²) in [5.74, 6) is -0.235. The van der Waals surface area contributed by atoms with Crippen molar-refractivity contribution in [1.82, 2.24) is 19.2 Å². The number of aromatic amines is 1. The molecule has 6 rings (SSSR count). The number of amides is 2. The topological polar surface area (TPSA) is 105 Å². The number of para-hydroxylation sites is 2. The van der Waals surface area contributed by atoms with Crippen LogP contribution in [-0.4, -0.2) is 31.1 Å². The fraction of sp³-hybridized carbons (Fsp3) is 0.171. The molecule has 0 aliphatic heterocycles. The minimum atomic E-state index is -1.05. The van der Waals surface area contributed by atoms with Gasteiger partial charge in [0.05, 0.1) is 30.6 Å². The Hall–Kier alpha value is -5.57. The quantitative estimate of drug-likeness (QED) is 0.222. The van der Waals surface area contributed by atoms with Gasteiger partial charge in [-0.25, -0.2) is 4.68 Å². The van der Waals surface area contributed by atoms with Crippen LogP contribution in [0.5, 0.6) is 0 Å². The van der Waals surface area contributed by atoms with E-state index >= 15 is 0 Å². The summed E-state index contributed by atoms with van der Waals surface area (Å²) in [6.45, 7) is 3.79. The maximum absolute atomic E-state index is 14.3. The number of hydrogen-bond acceptors (Lipinski definition) is 4. The largest absolute Gasteiger partial charge is 0.467 e. The Morgan fingerprint density at radius 3 is 2.39 bits per heavy atom. The lowest BCUT2D eigenvalue weighted by Gasteiger charge is -2.31. The second-order valence-electron chi connectivity index (χ2n) is 10.9. The van der Waals surface area contributed by atoms with E-state index in [9.17, 15) is 14.4 Å². The second kappa shape index (κ2) is 12.0. The molecule has 3 aromatic carbocycles. The van der Waals surface area contributed by atoms with E-state index in [0.717, 1.165) is 22.0 Å². The van der Waals surface area contributed by atoms with Gasteiger partial charge < -0.3 is 19.6 Å². The summed E-state index contributed by atoms with van der Waals surface area (Å²) in [5, 5.41) is 3.84. The van der Waals surface area contributed by atoms with E-state index in [4.69, 9.17) is 4.42 Å². The number of furan rings is 1. The Morgan fingerprint density at radius 2 is 1.66 bits per heavy atom. The lowest BCUT2D eigenvalue weighted by molar-refractivity contribution is -0.139. The number of H-pyrrole nitrogens is 1. The van der Waals surface area contributed by atoms with Crippen molar-refractivity contribution in [3.8, 4) is 5.69 Å². The molecule has 0 bridgehead atoms. The first kappa shape index (κ1) is 28.5. The van der Waals surface area contributed by atoms with Crippen molar-refractivity contribution in [1.29, 1.82) is 0 Å². The summed E-state index contributed by atoms with van der Waals surface area (Å²) in [4.78, 5) is 47.0. The summed E-state index contributed by atoms with van der Waals surface area (Å²) in [6.07, 6.45) is 3.43. The van der Waals surface area contributed by atoms with E-state index in [1.54, 1.807) is 30.8 Å². The van der Waals surface area contributed by atoms with Gasteiger partial charge in [0.25, 0.3) is 11.5 Å². The van der Waals surface area contributed by atoms with Gasteiger partial charge in [0, 0.05) is 24.1 Å². The van der Waals surface area contributed by atoms with Crippen LogP contribution < -0.4 is 10.9 Å². The summed E-state index contributed by atoms with van der Waals surface area (Å²) in [6, 6.07) is 27.0. The molecule has 0 aliphatic rings. The molecule has 222 valence electrons. The number of nitrogens with zero attached hydrogens (tertiary/aromatic N) is 3. The van der Waals surface area contributed by atoms with Crippen molar-refractivity contribution in [2.45, 2.75) is 32.9 Å². The number of nitrogens with one attached hydrogen (secondary N) is 2. The number of carbonyl (C=O) groups excluding carboxylic acids is 2. The summed E-state index contributed by atoms with van der Waals surface area (Å²) < 4.78 is 8.85. The van der Waals surface area contributed by atoms with E-state index in [-0.39, 0.29) is 30.1 Å². The van der Waals surface area contributed by atoms with Gasteiger partial charge in [0.1, 0.15) is 17.5 Å². The van der Waals surface area contributed by atoms with Gasteiger partial charge in [-0.3, -0.25) is 19.1 Å². The van der Waals surface area contributed by atoms with Gasteiger partial charge in [-0.05, 0) is 55.3 Å². The third kappa shape index (κ3) is 5.47. The van der Waals surface area contributed by atoms with Crippen LogP contribution in [0.25, 0.3) is 16.6 Å². The van der Waals surface area contributed by atoms with E-state index in [0.29, 0.717) is 22.7 Å². The number of hydrogen-bond donors (Lipinski definition) is 2. The van der Waals surface area contributed by atoms with Gasteiger partial charge in [0.15, 0.2) is 0 Å². The zero-order valence-corrected chi connectivity index (χ0v) is 24.8. The average molecular weight is 588 g/mol. The highest BCUT2D eigenvalue weighted by Gasteiger charge is 2.34. The normalized spacial score (nSPS) is 11.9. The van der Waals surface area contributed by atoms with Crippen LogP contribution in [0.3, 0.4) is 0 Å². The minimum absolute atomic E-state index is 0.0577. The molecule has 0 radical (unpaired) electrons. The number of aryl methyl sites for hydroxylation is 1. The average Bonchev–Trinajstić information content (AvgIpc) is 3.75. The molecule has 0 spiro atoms. The first-order valence-corrected chi connectivity index (χ1v) is 14.4. The molecule has 0 unspecified atom stereocenters. The molecular formula is C35H33N5O4. The number of anilines is 1. The van der Waals surface area contributed by atoms with Crippen molar-refractivity contribution >= 4 is 28.4 Å². The Kier molecular flexibility index (Phi) is 7.76. The van der Waals surface area contributed by atoms with Crippen LogP contribution in [0.1, 0.15) is 34.2 Å². The molecular weight excluding hydrogens is 554 g/mol. The van der Waals surface area contributed by atoms with Crippen LogP contribution >= 0.6 is 0 Å². The van der Waals surface area contributed by atoms with E-state index in [1.807, 2.05) is 92.0 Å². The third-order valence-electron chi connectivity index (χ3n) is 8.00. The van der Waals surface area contributed by atoms with Gasteiger partial charge in [-0.2, -0.15) is 0 Å². The molecule has 3 heterocycles. The molecule has 0 saturated carbocycles. The van der Waals surface area contributed by atoms with E-state index in [2.05, 4.69) is 10.3 Å². The predicted octanol–water partition coefficient (Wildman–Crippen LogP) is 5.82. The fourth-order valence-corrected chi connectivity index (χ4v) is 5.56. The Labute approximate surface area is 254 Å². The Balaban J connectivity index is 1.41. The predicted molar refractivity (Wildman–Crippen MR) is 170 cm³/mol. The number of aromatic nitrogens is 3. The summed E-state index contributed by atoms with van der Waals surface area (Å²) >= 11 is 0. The Morgan fingerprint density at radius 1 is 0.932 bits per heavy atom. The van der Waals surface area contributed by atoms with Gasteiger partial charge in [-0.15, -0.1) is 0 Å². The van der Waals surface area contributed by atoms with Crippen molar-refractivity contribution in [3.63, 3.8) is 0 Å². The van der Waals surface area contributed by atoms with E-state index < -0.39 is 11.9 Å². The first-order chi connectivity index (χ1) is 21.3. The molecule has 0 aliphatic carbocycles. The monoisotopic (exact) mass is 587 g/mol. The van der Waals surface area contributed by atoms with Crippen molar-refractivity contribution in [3.05, 3.63) is 142 Å². The maximum atomic E-state index is 14.3. The van der Waals surface area contributed by atoms with Gasteiger partial charge >= 0.3 is 0 Å². The van der Waals surface area contributed by atoms with Crippen LogP contribution in [0.2, 0.25) is 0 Å². The highest BCUT2D eigenvalue weighted by molar-refractivity contribution is 5.99. The lowest BCUT2D eigenvalue weighted by Crippen LogP contribution is -2.42. The fourth-order valence-electron chi connectivity index (χ4n) is 5.56.